The molecular weight excluding hydrogens is 306 g/mol. The summed E-state index contributed by atoms with van der Waals surface area (Å²) in [4.78, 5) is 28.4. The van der Waals surface area contributed by atoms with E-state index >= 15 is 0 Å². The fourth-order valence-electron chi connectivity index (χ4n) is 2.81. The van der Waals surface area contributed by atoms with E-state index in [2.05, 4.69) is 10.3 Å². The minimum absolute atomic E-state index is 0.0336. The summed E-state index contributed by atoms with van der Waals surface area (Å²) in [6.45, 7) is 0.803. The van der Waals surface area contributed by atoms with E-state index in [1.165, 1.54) is 0 Å². The molecule has 2 aromatic rings. The Morgan fingerprint density at radius 3 is 2.75 bits per heavy atom. The molecule has 1 aliphatic rings. The first-order chi connectivity index (χ1) is 11.6. The number of ketones is 1. The smallest absolute Gasteiger partial charge is 0.228 e. The Morgan fingerprint density at radius 2 is 2.12 bits per heavy atom. The van der Waals surface area contributed by atoms with Crippen LogP contribution in [0.25, 0.3) is 0 Å². The van der Waals surface area contributed by atoms with Crippen LogP contribution in [0.2, 0.25) is 0 Å². The SMILES string of the molecule is Cn1ccnc1C(=O)c1ccc(NC(=O)CCC2CCCO2)cc1. The molecule has 1 atom stereocenters. The predicted octanol–water partition coefficient (Wildman–Crippen LogP) is 2.55. The van der Waals surface area contributed by atoms with E-state index in [4.69, 9.17) is 4.74 Å². The van der Waals surface area contributed by atoms with E-state index in [1.54, 1.807) is 48.3 Å². The number of aromatic nitrogens is 2. The van der Waals surface area contributed by atoms with Crippen molar-refractivity contribution in [2.24, 2.45) is 7.05 Å². The van der Waals surface area contributed by atoms with E-state index in [0.717, 1.165) is 25.9 Å². The van der Waals surface area contributed by atoms with E-state index in [0.29, 0.717) is 23.5 Å². The molecule has 126 valence electrons. The number of hydrogen-bond donors (Lipinski definition) is 1. The van der Waals surface area contributed by atoms with E-state index in [9.17, 15) is 9.59 Å². The van der Waals surface area contributed by atoms with Crippen molar-refractivity contribution in [3.63, 3.8) is 0 Å². The van der Waals surface area contributed by atoms with Gasteiger partial charge in [0, 0.05) is 43.7 Å². The first-order valence-corrected chi connectivity index (χ1v) is 8.17. The molecule has 0 spiro atoms. The molecule has 1 aromatic carbocycles. The zero-order valence-corrected chi connectivity index (χ0v) is 13.7. The summed E-state index contributed by atoms with van der Waals surface area (Å²) in [5.74, 6) is 0.218. The molecule has 3 rings (SSSR count). The van der Waals surface area contributed by atoms with Gasteiger partial charge in [-0.1, -0.05) is 0 Å². The molecule has 6 heteroatoms. The summed E-state index contributed by atoms with van der Waals surface area (Å²) >= 11 is 0. The number of amides is 1. The number of carbonyl (C=O) groups excluding carboxylic acids is 2. The predicted molar refractivity (Wildman–Crippen MR) is 89.9 cm³/mol. The van der Waals surface area contributed by atoms with Crippen LogP contribution in [0.15, 0.2) is 36.7 Å². The van der Waals surface area contributed by atoms with Crippen LogP contribution in [0.3, 0.4) is 0 Å². The van der Waals surface area contributed by atoms with Gasteiger partial charge in [-0.2, -0.15) is 0 Å². The summed E-state index contributed by atoms with van der Waals surface area (Å²) < 4.78 is 7.20. The number of imidazole rings is 1. The Kier molecular flexibility index (Phi) is 5.05. The topological polar surface area (TPSA) is 73.2 Å². The van der Waals surface area contributed by atoms with Crippen molar-refractivity contribution in [3.05, 3.63) is 48.0 Å². The second-order valence-electron chi connectivity index (χ2n) is 5.99. The van der Waals surface area contributed by atoms with Crippen LogP contribution < -0.4 is 5.32 Å². The standard InChI is InChI=1S/C18H21N3O3/c1-21-11-10-19-18(21)17(23)13-4-6-14(7-5-13)20-16(22)9-8-15-3-2-12-24-15/h4-7,10-11,15H,2-3,8-9,12H2,1H3,(H,20,22). The van der Waals surface area contributed by atoms with Gasteiger partial charge in [-0.15, -0.1) is 0 Å². The summed E-state index contributed by atoms with van der Waals surface area (Å²) in [5.41, 5.74) is 1.23. The van der Waals surface area contributed by atoms with Crippen LogP contribution >= 0.6 is 0 Å². The molecule has 1 amide bonds. The minimum Gasteiger partial charge on any atom is -0.378 e. The fraction of sp³-hybridized carbons (Fsp3) is 0.389. The minimum atomic E-state index is -0.140. The van der Waals surface area contributed by atoms with Gasteiger partial charge in [0.25, 0.3) is 0 Å². The van der Waals surface area contributed by atoms with Crippen molar-refractivity contribution in [2.45, 2.75) is 31.8 Å². The molecule has 1 saturated heterocycles. The monoisotopic (exact) mass is 327 g/mol. The van der Waals surface area contributed by atoms with Gasteiger partial charge in [0.15, 0.2) is 5.82 Å². The fourth-order valence-corrected chi connectivity index (χ4v) is 2.81. The molecule has 1 aromatic heterocycles. The van der Waals surface area contributed by atoms with Crippen LogP contribution in [0.4, 0.5) is 5.69 Å². The molecule has 1 N–H and O–H groups in total. The highest BCUT2D eigenvalue weighted by atomic mass is 16.5. The second kappa shape index (κ2) is 7.40. The lowest BCUT2D eigenvalue weighted by Gasteiger charge is -2.09. The quantitative estimate of drug-likeness (QED) is 0.828. The van der Waals surface area contributed by atoms with Gasteiger partial charge in [0.1, 0.15) is 0 Å². The van der Waals surface area contributed by atoms with Crippen molar-refractivity contribution in [2.75, 3.05) is 11.9 Å². The summed E-state index contributed by atoms with van der Waals surface area (Å²) in [7, 11) is 1.78. The van der Waals surface area contributed by atoms with Gasteiger partial charge < -0.3 is 14.6 Å². The highest BCUT2D eigenvalue weighted by Crippen LogP contribution is 2.18. The van der Waals surface area contributed by atoms with Crippen LogP contribution in [-0.4, -0.2) is 34.0 Å². The summed E-state index contributed by atoms with van der Waals surface area (Å²) in [5, 5.41) is 2.85. The lowest BCUT2D eigenvalue weighted by atomic mass is 10.1. The number of aryl methyl sites for hydroxylation is 1. The van der Waals surface area contributed by atoms with Crippen LogP contribution in [0.5, 0.6) is 0 Å². The van der Waals surface area contributed by atoms with E-state index in [-0.39, 0.29) is 17.8 Å². The van der Waals surface area contributed by atoms with Crippen LogP contribution in [0, 0.1) is 0 Å². The first kappa shape index (κ1) is 16.4. The molecule has 6 nitrogen and oxygen atoms in total. The molecule has 0 aliphatic carbocycles. The Hall–Kier alpha value is -2.47. The molecule has 1 unspecified atom stereocenters. The first-order valence-electron chi connectivity index (χ1n) is 8.17. The normalized spacial score (nSPS) is 17.0. The van der Waals surface area contributed by atoms with Crippen molar-refractivity contribution in [3.8, 4) is 0 Å². The lowest BCUT2D eigenvalue weighted by Crippen LogP contribution is -2.15. The summed E-state index contributed by atoms with van der Waals surface area (Å²) in [6.07, 6.45) is 6.86. The second-order valence-corrected chi connectivity index (χ2v) is 5.99. The van der Waals surface area contributed by atoms with Gasteiger partial charge in [-0.3, -0.25) is 9.59 Å². The number of nitrogens with zero attached hydrogens (tertiary/aromatic N) is 2. The van der Waals surface area contributed by atoms with Crippen molar-refractivity contribution >= 4 is 17.4 Å². The van der Waals surface area contributed by atoms with Gasteiger partial charge >= 0.3 is 0 Å². The highest BCUT2D eigenvalue weighted by molar-refractivity contribution is 6.07. The molecule has 1 aliphatic heterocycles. The van der Waals surface area contributed by atoms with Crippen LogP contribution in [0.1, 0.15) is 41.9 Å². The number of ether oxygens (including phenoxy) is 1. The highest BCUT2D eigenvalue weighted by Gasteiger charge is 2.17. The van der Waals surface area contributed by atoms with Gasteiger partial charge in [0.05, 0.1) is 6.10 Å². The van der Waals surface area contributed by atoms with E-state index < -0.39 is 0 Å². The number of anilines is 1. The number of carbonyl (C=O) groups is 2. The average Bonchev–Trinajstić information content (AvgIpc) is 3.24. The van der Waals surface area contributed by atoms with Crippen LogP contribution in [-0.2, 0) is 16.6 Å². The zero-order chi connectivity index (χ0) is 16.9. The number of hydrogen-bond acceptors (Lipinski definition) is 4. The molecule has 0 radical (unpaired) electrons. The van der Waals surface area contributed by atoms with Gasteiger partial charge in [0.2, 0.25) is 11.7 Å². The maximum atomic E-state index is 12.3. The molecule has 0 bridgehead atoms. The molecule has 1 fully saturated rings. The maximum absolute atomic E-state index is 12.3. The number of rotatable bonds is 6. The maximum Gasteiger partial charge on any atom is 0.228 e. The molecule has 24 heavy (non-hydrogen) atoms. The number of benzene rings is 1. The Bertz CT molecular complexity index is 715. The Balaban J connectivity index is 1.55. The molecule has 2 heterocycles. The number of nitrogens with one attached hydrogen (secondary N) is 1. The van der Waals surface area contributed by atoms with Crippen molar-refractivity contribution in [1.82, 2.24) is 9.55 Å². The van der Waals surface area contributed by atoms with Crippen molar-refractivity contribution in [1.29, 1.82) is 0 Å². The molecular formula is C18H21N3O3. The van der Waals surface area contributed by atoms with Gasteiger partial charge in [-0.25, -0.2) is 4.98 Å². The van der Waals surface area contributed by atoms with E-state index in [1.807, 2.05) is 0 Å². The Labute approximate surface area is 140 Å². The summed E-state index contributed by atoms with van der Waals surface area (Å²) in [6, 6.07) is 6.87. The lowest BCUT2D eigenvalue weighted by molar-refractivity contribution is -0.116. The third-order valence-electron chi connectivity index (χ3n) is 4.17. The largest absolute Gasteiger partial charge is 0.378 e. The average molecular weight is 327 g/mol. The van der Waals surface area contributed by atoms with Gasteiger partial charge in [-0.05, 0) is 43.5 Å². The zero-order valence-electron chi connectivity index (χ0n) is 13.7. The third-order valence-corrected chi connectivity index (χ3v) is 4.17. The Morgan fingerprint density at radius 1 is 1.33 bits per heavy atom. The third kappa shape index (κ3) is 3.89. The van der Waals surface area contributed by atoms with Crippen molar-refractivity contribution < 1.29 is 14.3 Å². The molecule has 0 saturated carbocycles.